The van der Waals surface area contributed by atoms with Crippen molar-refractivity contribution in [2.24, 2.45) is 0 Å². The van der Waals surface area contributed by atoms with Crippen LogP contribution < -0.4 is 0 Å². The number of fused-ring (bicyclic) bond motifs is 15. The van der Waals surface area contributed by atoms with Gasteiger partial charge in [0.1, 0.15) is 12.1 Å². The van der Waals surface area contributed by atoms with Crippen LogP contribution in [-0.2, 0) is 0 Å². The number of aromatic nitrogens is 2. The summed E-state index contributed by atoms with van der Waals surface area (Å²) in [6.07, 6.45) is 0. The molecule has 0 spiro atoms. The van der Waals surface area contributed by atoms with Gasteiger partial charge >= 0.3 is 0 Å². The maximum Gasteiger partial charge on any atom is 0.101 e. The summed E-state index contributed by atoms with van der Waals surface area (Å²) < 4.78 is 4.86. The van der Waals surface area contributed by atoms with Gasteiger partial charge in [-0.1, -0.05) is 121 Å². The van der Waals surface area contributed by atoms with E-state index in [1.807, 2.05) is 18.2 Å². The minimum atomic E-state index is 0.376. The molecular formula is C50H28N4. The summed E-state index contributed by atoms with van der Waals surface area (Å²) in [5, 5.41) is 25.0. The normalized spacial score (nSPS) is 11.7. The molecule has 54 heavy (non-hydrogen) atoms. The summed E-state index contributed by atoms with van der Waals surface area (Å²) in [6, 6.07) is 64.7. The second-order valence-corrected chi connectivity index (χ2v) is 13.9. The first kappa shape index (κ1) is 30.0. The highest BCUT2D eigenvalue weighted by Gasteiger charge is 2.26. The van der Waals surface area contributed by atoms with Crippen LogP contribution in [0.25, 0.3) is 99.5 Å². The molecule has 248 valence electrons. The van der Waals surface area contributed by atoms with Crippen LogP contribution in [0.5, 0.6) is 0 Å². The highest BCUT2D eigenvalue weighted by molar-refractivity contribution is 6.24. The average molecular weight is 685 g/mol. The molecule has 4 heteroatoms. The fraction of sp³-hybridized carbons (Fsp3) is 0. The lowest BCUT2D eigenvalue weighted by Crippen LogP contribution is -2.02. The van der Waals surface area contributed by atoms with Crippen LogP contribution in [0, 0.1) is 22.7 Å². The van der Waals surface area contributed by atoms with E-state index in [4.69, 9.17) is 0 Å². The smallest absolute Gasteiger partial charge is 0.101 e. The number of rotatable bonds is 2. The van der Waals surface area contributed by atoms with Crippen molar-refractivity contribution < 1.29 is 0 Å². The number of hydrogen-bond acceptors (Lipinski definition) is 2. The largest absolute Gasteiger partial charge is 0.307 e. The fourth-order valence-corrected chi connectivity index (χ4v) is 8.88. The molecule has 0 fully saturated rings. The molecule has 0 atom stereocenters. The third-order valence-electron chi connectivity index (χ3n) is 11.2. The minimum absolute atomic E-state index is 0.376. The van der Waals surface area contributed by atoms with Crippen LogP contribution in [0.3, 0.4) is 0 Å². The van der Waals surface area contributed by atoms with Crippen molar-refractivity contribution in [2.45, 2.75) is 0 Å². The van der Waals surface area contributed by atoms with E-state index in [0.717, 1.165) is 66.9 Å². The predicted molar refractivity (Wildman–Crippen MR) is 220 cm³/mol. The van der Waals surface area contributed by atoms with E-state index in [2.05, 4.69) is 173 Å². The molecule has 0 amide bonds. The zero-order valence-electron chi connectivity index (χ0n) is 29.0. The molecule has 2 aromatic heterocycles. The molecular weight excluding hydrogens is 657 g/mol. The first-order valence-corrected chi connectivity index (χ1v) is 18.1. The Labute approximate surface area is 311 Å². The van der Waals surface area contributed by atoms with Crippen molar-refractivity contribution in [3.05, 3.63) is 181 Å². The number of hydrogen-bond donors (Lipinski definition) is 0. The van der Waals surface area contributed by atoms with Crippen molar-refractivity contribution >= 4 is 43.6 Å². The van der Waals surface area contributed by atoms with E-state index < -0.39 is 0 Å². The van der Waals surface area contributed by atoms with Gasteiger partial charge in [0.25, 0.3) is 0 Å². The second-order valence-electron chi connectivity index (χ2n) is 13.9. The molecule has 0 radical (unpaired) electrons. The van der Waals surface area contributed by atoms with Gasteiger partial charge in [0.2, 0.25) is 0 Å². The molecule has 0 unspecified atom stereocenters. The summed E-state index contributed by atoms with van der Waals surface area (Å²) in [7, 11) is 0. The summed E-state index contributed by atoms with van der Waals surface area (Å²) in [6.45, 7) is 0. The van der Waals surface area contributed by atoms with Crippen molar-refractivity contribution in [3.63, 3.8) is 0 Å². The lowest BCUT2D eigenvalue weighted by Gasteiger charge is -2.24. The Balaban J connectivity index is 1.28. The van der Waals surface area contributed by atoms with Crippen molar-refractivity contribution in [1.82, 2.24) is 9.13 Å². The molecule has 0 saturated carbocycles. The molecule has 4 nitrogen and oxygen atoms in total. The van der Waals surface area contributed by atoms with Gasteiger partial charge in [-0.05, 0) is 93.0 Å². The molecule has 0 aliphatic heterocycles. The summed E-state index contributed by atoms with van der Waals surface area (Å²) in [4.78, 5) is 0. The molecule has 1 aliphatic carbocycles. The number of benzene rings is 8. The molecule has 8 aromatic carbocycles. The molecule has 2 heterocycles. The average Bonchev–Trinajstić information content (AvgIpc) is 3.76. The van der Waals surface area contributed by atoms with Crippen molar-refractivity contribution in [3.8, 4) is 68.0 Å². The summed E-state index contributed by atoms with van der Waals surface area (Å²) >= 11 is 0. The molecule has 1 aliphatic rings. The van der Waals surface area contributed by atoms with E-state index >= 15 is 0 Å². The van der Waals surface area contributed by atoms with Gasteiger partial charge in [-0.25, -0.2) is 0 Å². The Morgan fingerprint density at radius 2 is 0.722 bits per heavy atom. The highest BCUT2D eigenvalue weighted by atomic mass is 15.0. The summed E-state index contributed by atoms with van der Waals surface area (Å²) in [5.74, 6) is 0. The zero-order chi connectivity index (χ0) is 35.9. The molecule has 10 aromatic rings. The van der Waals surface area contributed by atoms with E-state index in [-0.39, 0.29) is 0 Å². The summed E-state index contributed by atoms with van der Waals surface area (Å²) in [5.41, 5.74) is 15.9. The quantitative estimate of drug-likeness (QED) is 0.182. The molecule has 0 N–H and O–H groups in total. The van der Waals surface area contributed by atoms with Gasteiger partial charge in [0, 0.05) is 32.9 Å². The molecule has 0 saturated heterocycles. The lowest BCUT2D eigenvalue weighted by atomic mass is 9.79. The zero-order valence-corrected chi connectivity index (χ0v) is 29.0. The van der Waals surface area contributed by atoms with Gasteiger partial charge in [0.15, 0.2) is 0 Å². The Bertz CT molecular complexity index is 3290. The van der Waals surface area contributed by atoms with Crippen LogP contribution in [0.2, 0.25) is 0 Å². The van der Waals surface area contributed by atoms with Crippen LogP contribution >= 0.6 is 0 Å². The maximum atomic E-state index is 10.1. The SMILES string of the molecule is N#Cc1cc2c(cc1C#N)-c1ccccc1-c1cc(-n3c4ccccc4c4ccc5c6ccccc6n(-c6ccccc6)c5c43)ccc1-c1ccccc1-2. The maximum absolute atomic E-state index is 10.1. The molecule has 0 bridgehead atoms. The van der Waals surface area contributed by atoms with Crippen LogP contribution in [0.4, 0.5) is 0 Å². The molecule has 11 rings (SSSR count). The van der Waals surface area contributed by atoms with Gasteiger partial charge in [-0.2, -0.15) is 10.5 Å². The predicted octanol–water partition coefficient (Wildman–Crippen LogP) is 12.6. The lowest BCUT2D eigenvalue weighted by molar-refractivity contribution is 1.15. The van der Waals surface area contributed by atoms with Gasteiger partial charge in [-0.15, -0.1) is 0 Å². The first-order valence-electron chi connectivity index (χ1n) is 18.1. The van der Waals surface area contributed by atoms with E-state index in [1.54, 1.807) is 0 Å². The van der Waals surface area contributed by atoms with Crippen molar-refractivity contribution in [2.75, 3.05) is 0 Å². The third kappa shape index (κ3) is 4.11. The van der Waals surface area contributed by atoms with Gasteiger partial charge in [0.05, 0.1) is 33.2 Å². The van der Waals surface area contributed by atoms with E-state index in [0.29, 0.717) is 11.1 Å². The number of nitrogens with zero attached hydrogens (tertiary/aromatic N) is 4. The first-order chi connectivity index (χ1) is 26.7. The second kappa shape index (κ2) is 11.4. The number of nitriles is 2. The van der Waals surface area contributed by atoms with E-state index in [9.17, 15) is 10.5 Å². The highest BCUT2D eigenvalue weighted by Crippen LogP contribution is 2.49. The monoisotopic (exact) mass is 684 g/mol. The van der Waals surface area contributed by atoms with Crippen LogP contribution in [0.1, 0.15) is 11.1 Å². The topological polar surface area (TPSA) is 57.4 Å². The van der Waals surface area contributed by atoms with E-state index in [1.165, 1.54) is 32.6 Å². The third-order valence-corrected chi connectivity index (χ3v) is 11.2. The van der Waals surface area contributed by atoms with Gasteiger partial charge < -0.3 is 9.13 Å². The Kier molecular flexibility index (Phi) is 6.35. The number of para-hydroxylation sites is 3. The van der Waals surface area contributed by atoms with Crippen LogP contribution in [-0.4, -0.2) is 9.13 Å². The minimum Gasteiger partial charge on any atom is -0.307 e. The fourth-order valence-electron chi connectivity index (χ4n) is 8.88. The van der Waals surface area contributed by atoms with Crippen LogP contribution in [0.15, 0.2) is 170 Å². The Morgan fingerprint density at radius 3 is 1.24 bits per heavy atom. The van der Waals surface area contributed by atoms with Crippen molar-refractivity contribution in [1.29, 1.82) is 10.5 Å². The standard InChI is InChI=1S/C50H28N4/c51-29-31-26-44-36-15-5-4-14-35(36)39-23-22-34(28-46(39)38-17-7-6-16-37(38)45(44)27-32(31)30-52)54-48-21-11-9-19-41(48)43-25-24-42-40-18-8-10-20-47(40)53(49(42)50(43)54)33-12-2-1-3-13-33/h1-28H. The Morgan fingerprint density at radius 1 is 0.315 bits per heavy atom. The Hall–Kier alpha value is -7.66. The van der Waals surface area contributed by atoms with Gasteiger partial charge in [-0.3, -0.25) is 0 Å².